The van der Waals surface area contributed by atoms with Crippen LogP contribution in [0.1, 0.15) is 23.2 Å². The van der Waals surface area contributed by atoms with E-state index < -0.39 is 0 Å². The van der Waals surface area contributed by atoms with Crippen LogP contribution in [0.25, 0.3) is 11.3 Å². The lowest BCUT2D eigenvalue weighted by molar-refractivity contribution is 0.930. The molecule has 2 nitrogen and oxygen atoms in total. The fourth-order valence-electron chi connectivity index (χ4n) is 1.85. The predicted molar refractivity (Wildman–Crippen MR) is 70.7 cm³/mol. The van der Waals surface area contributed by atoms with Crippen LogP contribution in [0.15, 0.2) is 24.3 Å². The number of rotatable bonds is 3. The van der Waals surface area contributed by atoms with Gasteiger partial charge in [-0.05, 0) is 31.5 Å². The Bertz CT molecular complexity index is 559. The highest BCUT2D eigenvalue weighted by Gasteiger charge is 2.06. The number of benzene rings is 1. The highest BCUT2D eigenvalue weighted by atomic mass is 15.1. The molecular weight excluding hydrogens is 208 g/mol. The molecule has 0 aliphatic heterocycles. The van der Waals surface area contributed by atoms with Crippen molar-refractivity contribution in [3.8, 4) is 23.6 Å². The summed E-state index contributed by atoms with van der Waals surface area (Å²) in [5, 5.41) is 7.39. The Morgan fingerprint density at radius 2 is 2.12 bits per heavy atom. The smallest absolute Gasteiger partial charge is 0.0926 e. The molecule has 0 aliphatic carbocycles. The second-order valence-electron chi connectivity index (χ2n) is 4.30. The van der Waals surface area contributed by atoms with E-state index in [9.17, 15) is 0 Å². The summed E-state index contributed by atoms with van der Waals surface area (Å²) >= 11 is 0. The van der Waals surface area contributed by atoms with E-state index in [1.54, 1.807) is 0 Å². The van der Waals surface area contributed by atoms with Crippen LogP contribution in [0.2, 0.25) is 0 Å². The second kappa shape index (κ2) is 4.88. The van der Waals surface area contributed by atoms with E-state index in [1.807, 2.05) is 0 Å². The van der Waals surface area contributed by atoms with Crippen molar-refractivity contribution in [2.75, 3.05) is 0 Å². The lowest BCUT2D eigenvalue weighted by atomic mass is 10.0. The number of aromatic nitrogens is 2. The first-order chi connectivity index (χ1) is 8.20. The van der Waals surface area contributed by atoms with Crippen molar-refractivity contribution >= 4 is 0 Å². The number of terminal acetylenes is 1. The van der Waals surface area contributed by atoms with Crippen LogP contribution in [-0.4, -0.2) is 10.2 Å². The largest absolute Gasteiger partial charge is 0.282 e. The van der Waals surface area contributed by atoms with E-state index >= 15 is 0 Å². The van der Waals surface area contributed by atoms with Gasteiger partial charge in [-0.15, -0.1) is 12.3 Å². The number of nitrogens with one attached hydrogen (secondary N) is 1. The molecule has 1 aromatic heterocycles. The van der Waals surface area contributed by atoms with Gasteiger partial charge in [0.2, 0.25) is 0 Å². The Morgan fingerprint density at radius 1 is 1.29 bits per heavy atom. The van der Waals surface area contributed by atoms with Crippen molar-refractivity contribution in [2.24, 2.45) is 0 Å². The quantitative estimate of drug-likeness (QED) is 0.796. The van der Waals surface area contributed by atoms with Gasteiger partial charge in [0.15, 0.2) is 0 Å². The molecule has 86 valence electrons. The number of hydrogen-bond acceptors (Lipinski definition) is 1. The SMILES string of the molecule is C#CCCc1cc(-c2cc(C)ccc2C)n[nH]1. The normalized spacial score (nSPS) is 10.2. The maximum atomic E-state index is 5.25. The minimum Gasteiger partial charge on any atom is -0.282 e. The summed E-state index contributed by atoms with van der Waals surface area (Å²) in [6.45, 7) is 4.19. The molecule has 2 rings (SSSR count). The molecule has 0 saturated heterocycles. The summed E-state index contributed by atoms with van der Waals surface area (Å²) < 4.78 is 0. The van der Waals surface area contributed by atoms with Crippen molar-refractivity contribution < 1.29 is 0 Å². The fourth-order valence-corrected chi connectivity index (χ4v) is 1.85. The minimum absolute atomic E-state index is 0.744. The third kappa shape index (κ3) is 2.57. The number of H-pyrrole nitrogens is 1. The Balaban J connectivity index is 2.30. The van der Waals surface area contributed by atoms with Crippen molar-refractivity contribution in [3.63, 3.8) is 0 Å². The van der Waals surface area contributed by atoms with Gasteiger partial charge in [0, 0.05) is 24.1 Å². The van der Waals surface area contributed by atoms with Gasteiger partial charge in [-0.2, -0.15) is 5.10 Å². The molecule has 1 heterocycles. The van der Waals surface area contributed by atoms with Crippen molar-refractivity contribution in [1.29, 1.82) is 0 Å². The summed E-state index contributed by atoms with van der Waals surface area (Å²) in [6.07, 6.45) is 6.85. The molecule has 0 bridgehead atoms. The van der Waals surface area contributed by atoms with E-state index in [0.717, 1.165) is 24.2 Å². The zero-order valence-electron chi connectivity index (χ0n) is 10.2. The van der Waals surface area contributed by atoms with Gasteiger partial charge in [0.05, 0.1) is 5.69 Å². The van der Waals surface area contributed by atoms with Gasteiger partial charge in [-0.25, -0.2) is 0 Å². The standard InChI is InChI=1S/C15H16N2/c1-4-5-6-13-10-15(17-16-13)14-9-11(2)7-8-12(14)3/h1,7-10H,5-6H2,2-3H3,(H,16,17). The molecule has 0 aliphatic rings. The molecule has 17 heavy (non-hydrogen) atoms. The van der Waals surface area contributed by atoms with Crippen LogP contribution in [0.5, 0.6) is 0 Å². The second-order valence-corrected chi connectivity index (χ2v) is 4.30. The lowest BCUT2D eigenvalue weighted by Gasteiger charge is -2.03. The van der Waals surface area contributed by atoms with Gasteiger partial charge in [-0.1, -0.05) is 17.7 Å². The maximum absolute atomic E-state index is 5.25. The zero-order chi connectivity index (χ0) is 12.3. The van der Waals surface area contributed by atoms with E-state index in [4.69, 9.17) is 6.42 Å². The van der Waals surface area contributed by atoms with Crippen molar-refractivity contribution in [1.82, 2.24) is 10.2 Å². The van der Waals surface area contributed by atoms with Crippen LogP contribution in [0.3, 0.4) is 0 Å². The Morgan fingerprint density at radius 3 is 2.88 bits per heavy atom. The third-order valence-electron chi connectivity index (χ3n) is 2.84. The van der Waals surface area contributed by atoms with Gasteiger partial charge in [0.25, 0.3) is 0 Å². The predicted octanol–water partition coefficient (Wildman–Crippen LogP) is 3.26. The number of nitrogens with zero attached hydrogens (tertiary/aromatic N) is 1. The van der Waals surface area contributed by atoms with Crippen LogP contribution in [0.4, 0.5) is 0 Å². The first-order valence-electron chi connectivity index (χ1n) is 5.76. The molecule has 0 saturated carbocycles. The summed E-state index contributed by atoms with van der Waals surface area (Å²) in [7, 11) is 0. The highest BCUT2D eigenvalue weighted by Crippen LogP contribution is 2.23. The zero-order valence-corrected chi connectivity index (χ0v) is 10.2. The summed E-state index contributed by atoms with van der Waals surface area (Å²) in [5.74, 6) is 2.64. The molecule has 0 radical (unpaired) electrons. The average Bonchev–Trinajstić information content (AvgIpc) is 2.78. The van der Waals surface area contributed by atoms with Crippen molar-refractivity contribution in [2.45, 2.75) is 26.7 Å². The molecule has 2 heteroatoms. The van der Waals surface area contributed by atoms with Crippen LogP contribution >= 0.6 is 0 Å². The Labute approximate surface area is 102 Å². The van der Waals surface area contributed by atoms with E-state index in [-0.39, 0.29) is 0 Å². The molecule has 0 atom stereocenters. The van der Waals surface area contributed by atoms with Crippen LogP contribution in [-0.2, 0) is 6.42 Å². The highest BCUT2D eigenvalue weighted by molar-refractivity contribution is 5.64. The third-order valence-corrected chi connectivity index (χ3v) is 2.84. The van der Waals surface area contributed by atoms with E-state index in [0.29, 0.717) is 0 Å². The molecule has 2 aromatic rings. The molecule has 0 amide bonds. The van der Waals surface area contributed by atoms with Gasteiger partial charge < -0.3 is 0 Å². The lowest BCUT2D eigenvalue weighted by Crippen LogP contribution is -1.84. The van der Waals surface area contributed by atoms with Crippen molar-refractivity contribution in [3.05, 3.63) is 41.1 Å². The Hall–Kier alpha value is -2.01. The first-order valence-corrected chi connectivity index (χ1v) is 5.76. The average molecular weight is 224 g/mol. The monoisotopic (exact) mass is 224 g/mol. The molecule has 0 fully saturated rings. The maximum Gasteiger partial charge on any atom is 0.0926 e. The number of aryl methyl sites for hydroxylation is 3. The van der Waals surface area contributed by atoms with Crippen LogP contribution in [0, 0.1) is 26.2 Å². The number of aromatic amines is 1. The molecule has 1 aromatic carbocycles. The number of hydrogen-bond donors (Lipinski definition) is 1. The van der Waals surface area contributed by atoms with Gasteiger partial charge >= 0.3 is 0 Å². The topological polar surface area (TPSA) is 28.7 Å². The summed E-state index contributed by atoms with van der Waals surface area (Å²) in [4.78, 5) is 0. The van der Waals surface area contributed by atoms with E-state index in [1.165, 1.54) is 16.7 Å². The Kier molecular flexibility index (Phi) is 3.30. The van der Waals surface area contributed by atoms with Gasteiger partial charge in [-0.3, -0.25) is 5.10 Å². The molecule has 1 N–H and O–H groups in total. The van der Waals surface area contributed by atoms with Crippen LogP contribution < -0.4 is 0 Å². The molecule has 0 unspecified atom stereocenters. The minimum atomic E-state index is 0.744. The summed E-state index contributed by atoms with van der Waals surface area (Å²) in [6, 6.07) is 8.49. The van der Waals surface area contributed by atoms with Gasteiger partial charge in [0.1, 0.15) is 0 Å². The molecule has 0 spiro atoms. The first kappa shape index (κ1) is 11.5. The summed E-state index contributed by atoms with van der Waals surface area (Å²) in [5.41, 5.74) is 5.77. The fraction of sp³-hybridized carbons (Fsp3) is 0.267. The van der Waals surface area contributed by atoms with E-state index in [2.05, 4.69) is 54.2 Å². The molecular formula is C15H16N2.